The number of hydrogen-bond donors (Lipinski definition) is 0. The summed E-state index contributed by atoms with van der Waals surface area (Å²) in [6, 6.07) is 11.4. The van der Waals surface area contributed by atoms with E-state index in [0.717, 1.165) is 39.4 Å². The summed E-state index contributed by atoms with van der Waals surface area (Å²) in [7, 11) is -3.53. The van der Waals surface area contributed by atoms with Crippen molar-refractivity contribution in [3.8, 4) is 0 Å². The molecule has 0 bridgehead atoms. The third-order valence-corrected chi connectivity index (χ3v) is 10.5. The van der Waals surface area contributed by atoms with Gasteiger partial charge >= 0.3 is 0 Å². The molecule has 170 valence electrons. The Morgan fingerprint density at radius 2 is 1.88 bits per heavy atom. The fraction of sp³-hybridized carbons (Fsp3) is 0.455. The number of sulfonamides is 1. The maximum Gasteiger partial charge on any atom is 0.252 e. The van der Waals surface area contributed by atoms with E-state index >= 15 is 0 Å². The number of nitrogens with zero attached hydrogens (tertiary/aromatic N) is 3. The number of para-hydroxylation sites is 1. The Hall–Kier alpha value is -1.85. The van der Waals surface area contributed by atoms with Gasteiger partial charge in [0, 0.05) is 24.5 Å². The van der Waals surface area contributed by atoms with Gasteiger partial charge in [-0.3, -0.25) is 4.79 Å². The number of fused-ring (bicyclic) bond motifs is 1. The third kappa shape index (κ3) is 4.34. The summed E-state index contributed by atoms with van der Waals surface area (Å²) < 4.78 is 33.9. The molecule has 1 amide bonds. The average Bonchev–Trinajstić information content (AvgIpc) is 3.47. The molecule has 0 saturated carbocycles. The maximum absolute atomic E-state index is 13.3. The summed E-state index contributed by atoms with van der Waals surface area (Å²) in [6.07, 6.45) is 3.18. The first-order chi connectivity index (χ1) is 15.5. The number of hydrogen-bond acceptors (Lipinski definition) is 7. The molecule has 2 fully saturated rings. The quantitative estimate of drug-likeness (QED) is 0.544. The minimum Gasteiger partial charge on any atom is -0.379 e. The van der Waals surface area contributed by atoms with Gasteiger partial charge in [0.1, 0.15) is 9.22 Å². The van der Waals surface area contributed by atoms with Crippen molar-refractivity contribution < 1.29 is 17.9 Å². The zero-order chi connectivity index (χ0) is 22.1. The van der Waals surface area contributed by atoms with E-state index in [4.69, 9.17) is 9.72 Å². The van der Waals surface area contributed by atoms with E-state index in [-0.39, 0.29) is 18.4 Å². The first-order valence-electron chi connectivity index (χ1n) is 10.8. The standard InChI is InChI=1S/C22H25N3O4S3/c26-20(15-16-8-9-21(30-16)32(27,28)24-11-13-29-14-12-24)25-10-4-3-6-18(25)22-23-17-5-1-2-7-19(17)31-22/h1-2,5,7-9,18H,3-4,6,10-15H2. The van der Waals surface area contributed by atoms with Crippen LogP contribution in [0.5, 0.6) is 0 Å². The zero-order valence-corrected chi connectivity index (χ0v) is 20.1. The molecule has 10 heteroatoms. The fourth-order valence-corrected chi connectivity index (χ4v) is 8.30. The van der Waals surface area contributed by atoms with Gasteiger partial charge in [0.05, 0.1) is 35.9 Å². The summed E-state index contributed by atoms with van der Waals surface area (Å²) in [4.78, 5) is 20.8. The zero-order valence-electron chi connectivity index (χ0n) is 17.6. The number of carbonyl (C=O) groups excluding carboxylic acids is 1. The monoisotopic (exact) mass is 491 g/mol. The lowest BCUT2D eigenvalue weighted by atomic mass is 10.0. The Morgan fingerprint density at radius 3 is 2.69 bits per heavy atom. The molecule has 2 aromatic heterocycles. The van der Waals surface area contributed by atoms with E-state index in [9.17, 15) is 13.2 Å². The molecule has 1 unspecified atom stereocenters. The molecule has 0 N–H and O–H groups in total. The maximum atomic E-state index is 13.3. The van der Waals surface area contributed by atoms with Crippen LogP contribution in [0.2, 0.25) is 0 Å². The normalized spacial score (nSPS) is 20.6. The molecular formula is C22H25N3O4S3. The molecule has 2 saturated heterocycles. The number of likely N-dealkylation sites (tertiary alicyclic amines) is 1. The molecule has 7 nitrogen and oxygen atoms in total. The van der Waals surface area contributed by atoms with Crippen LogP contribution in [0.25, 0.3) is 10.2 Å². The van der Waals surface area contributed by atoms with Crippen molar-refractivity contribution in [2.75, 3.05) is 32.8 Å². The van der Waals surface area contributed by atoms with Crippen LogP contribution in [0.4, 0.5) is 0 Å². The van der Waals surface area contributed by atoms with Crippen molar-refractivity contribution >= 4 is 48.8 Å². The molecule has 4 heterocycles. The largest absolute Gasteiger partial charge is 0.379 e. The van der Waals surface area contributed by atoms with Crippen molar-refractivity contribution in [1.29, 1.82) is 0 Å². The summed E-state index contributed by atoms with van der Waals surface area (Å²) in [6.45, 7) is 2.28. The van der Waals surface area contributed by atoms with Gasteiger partial charge in [-0.05, 0) is 43.5 Å². The van der Waals surface area contributed by atoms with Crippen LogP contribution in [0.1, 0.15) is 35.2 Å². The second kappa shape index (κ2) is 9.18. The van der Waals surface area contributed by atoms with Crippen molar-refractivity contribution in [1.82, 2.24) is 14.2 Å². The average molecular weight is 492 g/mol. The molecule has 0 radical (unpaired) electrons. The summed E-state index contributed by atoms with van der Waals surface area (Å²) >= 11 is 2.85. The van der Waals surface area contributed by atoms with E-state index in [1.54, 1.807) is 23.5 Å². The molecule has 2 aliphatic rings. The molecule has 1 aromatic carbocycles. The minimum atomic E-state index is -3.53. The van der Waals surface area contributed by atoms with Gasteiger partial charge in [-0.1, -0.05) is 12.1 Å². The smallest absolute Gasteiger partial charge is 0.252 e. The van der Waals surface area contributed by atoms with Crippen LogP contribution >= 0.6 is 22.7 Å². The predicted octanol–water partition coefficient (Wildman–Crippen LogP) is 3.68. The van der Waals surface area contributed by atoms with Gasteiger partial charge in [0.25, 0.3) is 10.0 Å². The highest BCUT2D eigenvalue weighted by Gasteiger charge is 2.32. The van der Waals surface area contributed by atoms with Crippen LogP contribution in [-0.4, -0.2) is 61.4 Å². The molecule has 0 spiro atoms. The Labute approximate surface area is 195 Å². The Morgan fingerprint density at radius 1 is 1.06 bits per heavy atom. The fourth-order valence-electron chi connectivity index (χ4n) is 4.28. The van der Waals surface area contributed by atoms with Gasteiger partial charge < -0.3 is 9.64 Å². The predicted molar refractivity (Wildman–Crippen MR) is 126 cm³/mol. The van der Waals surface area contributed by atoms with Crippen LogP contribution < -0.4 is 0 Å². The van der Waals surface area contributed by atoms with E-state index < -0.39 is 10.0 Å². The van der Waals surface area contributed by atoms with Crippen molar-refractivity contribution in [2.24, 2.45) is 0 Å². The Balaban J connectivity index is 1.32. The topological polar surface area (TPSA) is 79.8 Å². The van der Waals surface area contributed by atoms with E-state index in [1.165, 1.54) is 15.6 Å². The van der Waals surface area contributed by atoms with Crippen LogP contribution in [0.3, 0.4) is 0 Å². The number of amides is 1. The molecule has 32 heavy (non-hydrogen) atoms. The van der Waals surface area contributed by atoms with E-state index in [0.29, 0.717) is 37.1 Å². The number of rotatable bonds is 5. The van der Waals surface area contributed by atoms with E-state index in [2.05, 4.69) is 6.07 Å². The molecule has 1 atom stereocenters. The highest BCUT2D eigenvalue weighted by Crippen LogP contribution is 2.36. The summed E-state index contributed by atoms with van der Waals surface area (Å²) in [5.41, 5.74) is 0.974. The van der Waals surface area contributed by atoms with Crippen molar-refractivity contribution in [3.05, 3.63) is 46.3 Å². The van der Waals surface area contributed by atoms with Crippen molar-refractivity contribution in [2.45, 2.75) is 35.9 Å². The molecule has 3 aromatic rings. The number of morpholine rings is 1. The Kier molecular flexibility index (Phi) is 6.31. The lowest BCUT2D eigenvalue weighted by Crippen LogP contribution is -2.40. The van der Waals surface area contributed by atoms with Crippen LogP contribution in [0.15, 0.2) is 40.6 Å². The SMILES string of the molecule is O=C(Cc1ccc(S(=O)(=O)N2CCOCC2)s1)N1CCCCC1c1nc2ccccc2s1. The lowest BCUT2D eigenvalue weighted by Gasteiger charge is -2.34. The number of piperidine rings is 1. The summed E-state index contributed by atoms with van der Waals surface area (Å²) in [5, 5.41) is 0.987. The molecular weight excluding hydrogens is 466 g/mol. The van der Waals surface area contributed by atoms with Gasteiger partial charge in [0.15, 0.2) is 0 Å². The highest BCUT2D eigenvalue weighted by molar-refractivity contribution is 7.91. The Bertz CT molecular complexity index is 1180. The highest BCUT2D eigenvalue weighted by atomic mass is 32.2. The number of ether oxygens (including phenoxy) is 1. The summed E-state index contributed by atoms with van der Waals surface area (Å²) in [5.74, 6) is 0.0335. The second-order valence-corrected chi connectivity index (χ2v) is 12.4. The van der Waals surface area contributed by atoms with Crippen molar-refractivity contribution in [3.63, 3.8) is 0 Å². The molecule has 2 aliphatic heterocycles. The van der Waals surface area contributed by atoms with Gasteiger partial charge in [0.2, 0.25) is 5.91 Å². The van der Waals surface area contributed by atoms with Crippen LogP contribution in [0, 0.1) is 0 Å². The number of thiophene rings is 1. The first kappa shape index (κ1) is 22.0. The minimum absolute atomic E-state index is 0.00911. The van der Waals surface area contributed by atoms with Crippen LogP contribution in [-0.2, 0) is 26.0 Å². The third-order valence-electron chi connectivity index (χ3n) is 5.95. The molecule has 5 rings (SSSR count). The number of benzene rings is 1. The van der Waals surface area contributed by atoms with E-state index in [1.807, 2.05) is 23.1 Å². The first-order valence-corrected chi connectivity index (χ1v) is 13.9. The second-order valence-electron chi connectivity index (χ2n) is 8.03. The number of carbonyl (C=O) groups is 1. The molecule has 0 aliphatic carbocycles. The van der Waals surface area contributed by atoms with Gasteiger partial charge in [-0.2, -0.15) is 4.31 Å². The number of thiazole rings is 1. The van der Waals surface area contributed by atoms with Gasteiger partial charge in [-0.15, -0.1) is 22.7 Å². The number of aromatic nitrogens is 1. The lowest BCUT2D eigenvalue weighted by molar-refractivity contribution is -0.134. The van der Waals surface area contributed by atoms with Gasteiger partial charge in [-0.25, -0.2) is 13.4 Å².